The van der Waals surface area contributed by atoms with Crippen molar-refractivity contribution in [3.8, 4) is 0 Å². The van der Waals surface area contributed by atoms with Crippen molar-refractivity contribution in [1.82, 2.24) is 9.80 Å². The van der Waals surface area contributed by atoms with Crippen LogP contribution in [0.1, 0.15) is 19.3 Å². The second-order valence-corrected chi connectivity index (χ2v) is 4.40. The molecule has 2 aliphatic rings. The van der Waals surface area contributed by atoms with Crippen LogP contribution >= 0.6 is 0 Å². The Hall–Kier alpha value is -1.26. The first-order chi connectivity index (χ1) is 7.09. The molecular weight excluding hydrogens is 196 g/mol. The molecule has 5 nitrogen and oxygen atoms in total. The smallest absolute Gasteiger partial charge is 0.320 e. The summed E-state index contributed by atoms with van der Waals surface area (Å²) in [5.74, 6) is -0.980. The summed E-state index contributed by atoms with van der Waals surface area (Å²) in [6.45, 7) is 1.50. The van der Waals surface area contributed by atoms with Gasteiger partial charge in [0, 0.05) is 26.2 Å². The zero-order valence-electron chi connectivity index (χ0n) is 8.85. The van der Waals surface area contributed by atoms with Crippen LogP contribution in [-0.4, -0.2) is 53.1 Å². The van der Waals surface area contributed by atoms with Crippen LogP contribution in [0.5, 0.6) is 0 Å². The number of aliphatic carboxylic acids is 1. The van der Waals surface area contributed by atoms with Gasteiger partial charge in [-0.15, -0.1) is 0 Å². The van der Waals surface area contributed by atoms with E-state index in [0.29, 0.717) is 12.8 Å². The van der Waals surface area contributed by atoms with E-state index >= 15 is 0 Å². The van der Waals surface area contributed by atoms with Crippen LogP contribution in [0, 0.1) is 5.92 Å². The van der Waals surface area contributed by atoms with Crippen molar-refractivity contribution in [3.63, 3.8) is 0 Å². The van der Waals surface area contributed by atoms with E-state index in [9.17, 15) is 9.59 Å². The quantitative estimate of drug-likeness (QED) is 0.729. The number of hydrogen-bond donors (Lipinski definition) is 1. The Labute approximate surface area is 88.6 Å². The fourth-order valence-corrected chi connectivity index (χ4v) is 2.47. The molecule has 84 valence electrons. The molecule has 0 aromatic rings. The average molecular weight is 212 g/mol. The molecule has 2 fully saturated rings. The molecule has 2 unspecified atom stereocenters. The molecule has 0 aromatic heterocycles. The number of carboxylic acids is 1. The Bertz CT molecular complexity index is 292. The van der Waals surface area contributed by atoms with Crippen LogP contribution in [-0.2, 0) is 4.79 Å². The Kier molecular flexibility index (Phi) is 2.54. The third kappa shape index (κ3) is 1.78. The highest BCUT2D eigenvalue weighted by molar-refractivity contribution is 5.77. The average Bonchev–Trinajstić information content (AvgIpc) is 2.76. The van der Waals surface area contributed by atoms with Gasteiger partial charge in [-0.25, -0.2) is 4.79 Å². The highest BCUT2D eigenvalue weighted by atomic mass is 16.4. The molecule has 2 amide bonds. The van der Waals surface area contributed by atoms with Crippen molar-refractivity contribution in [2.24, 2.45) is 5.92 Å². The molecule has 5 heteroatoms. The number of hydrogen-bond acceptors (Lipinski definition) is 2. The second kappa shape index (κ2) is 3.72. The van der Waals surface area contributed by atoms with Gasteiger partial charge in [-0.2, -0.15) is 0 Å². The number of rotatable bonds is 2. The maximum atomic E-state index is 11.7. The van der Waals surface area contributed by atoms with Crippen LogP contribution in [0.25, 0.3) is 0 Å². The SMILES string of the molecule is CN1CCN(C2CCC(C(=O)O)C2)C1=O. The predicted octanol–water partition coefficient (Wildman–Crippen LogP) is 0.607. The summed E-state index contributed by atoms with van der Waals surface area (Å²) in [4.78, 5) is 26.0. The molecule has 2 rings (SSSR count). The molecule has 0 radical (unpaired) electrons. The van der Waals surface area contributed by atoms with Gasteiger partial charge in [0.25, 0.3) is 0 Å². The maximum Gasteiger partial charge on any atom is 0.320 e. The van der Waals surface area contributed by atoms with Crippen molar-refractivity contribution >= 4 is 12.0 Å². The van der Waals surface area contributed by atoms with Crippen LogP contribution in [0.15, 0.2) is 0 Å². The van der Waals surface area contributed by atoms with E-state index in [-0.39, 0.29) is 18.0 Å². The Balaban J connectivity index is 1.97. The summed E-state index contributed by atoms with van der Waals surface area (Å²) in [6, 6.07) is 0.189. The zero-order chi connectivity index (χ0) is 11.0. The predicted molar refractivity (Wildman–Crippen MR) is 53.5 cm³/mol. The molecule has 0 bridgehead atoms. The summed E-state index contributed by atoms with van der Waals surface area (Å²) in [6.07, 6.45) is 2.15. The maximum absolute atomic E-state index is 11.7. The van der Waals surface area contributed by atoms with Crippen LogP contribution in [0.2, 0.25) is 0 Å². The first kappa shape index (κ1) is 10.3. The van der Waals surface area contributed by atoms with E-state index in [4.69, 9.17) is 5.11 Å². The van der Waals surface area contributed by atoms with Crippen molar-refractivity contribution in [3.05, 3.63) is 0 Å². The van der Waals surface area contributed by atoms with Gasteiger partial charge in [-0.3, -0.25) is 4.79 Å². The molecule has 0 spiro atoms. The van der Waals surface area contributed by atoms with Crippen molar-refractivity contribution in [1.29, 1.82) is 0 Å². The zero-order valence-corrected chi connectivity index (χ0v) is 8.85. The highest BCUT2D eigenvalue weighted by Gasteiger charge is 2.38. The molecule has 1 saturated carbocycles. The number of nitrogens with zero attached hydrogens (tertiary/aromatic N) is 2. The number of carboxylic acid groups (broad SMARTS) is 1. The summed E-state index contributed by atoms with van der Waals surface area (Å²) >= 11 is 0. The summed E-state index contributed by atoms with van der Waals surface area (Å²) in [7, 11) is 1.78. The molecule has 1 aliphatic heterocycles. The standard InChI is InChI=1S/C10H16N2O3/c1-11-4-5-12(10(11)15)8-3-2-7(6-8)9(13)14/h7-8H,2-6H2,1H3,(H,13,14). The largest absolute Gasteiger partial charge is 0.481 e. The topological polar surface area (TPSA) is 60.9 Å². The summed E-state index contributed by atoms with van der Waals surface area (Å²) in [5.41, 5.74) is 0. The lowest BCUT2D eigenvalue weighted by molar-refractivity contribution is -0.141. The van der Waals surface area contributed by atoms with Crippen molar-refractivity contribution in [2.45, 2.75) is 25.3 Å². The first-order valence-corrected chi connectivity index (χ1v) is 5.34. The molecule has 15 heavy (non-hydrogen) atoms. The van der Waals surface area contributed by atoms with Crippen LogP contribution in [0.3, 0.4) is 0 Å². The molecule has 1 saturated heterocycles. The van der Waals surface area contributed by atoms with Gasteiger partial charge < -0.3 is 14.9 Å². The van der Waals surface area contributed by atoms with E-state index < -0.39 is 5.97 Å². The van der Waals surface area contributed by atoms with Gasteiger partial charge >= 0.3 is 12.0 Å². The van der Waals surface area contributed by atoms with Crippen molar-refractivity contribution in [2.75, 3.05) is 20.1 Å². The third-order valence-electron chi connectivity index (χ3n) is 3.44. The molecule has 0 aromatic carbocycles. The minimum Gasteiger partial charge on any atom is -0.481 e. The minimum absolute atomic E-state index is 0.0473. The van der Waals surface area contributed by atoms with E-state index in [1.54, 1.807) is 11.9 Å². The van der Waals surface area contributed by atoms with Crippen LogP contribution < -0.4 is 0 Å². The van der Waals surface area contributed by atoms with Gasteiger partial charge in [0.15, 0.2) is 0 Å². The number of likely N-dealkylation sites (N-methyl/N-ethyl adjacent to an activating group) is 1. The fraction of sp³-hybridized carbons (Fsp3) is 0.800. The van der Waals surface area contributed by atoms with Gasteiger partial charge in [0.05, 0.1) is 5.92 Å². The Morgan fingerprint density at radius 2 is 2.13 bits per heavy atom. The first-order valence-electron chi connectivity index (χ1n) is 5.34. The molecule has 1 heterocycles. The molecular formula is C10H16N2O3. The van der Waals surface area contributed by atoms with Gasteiger partial charge in [0.1, 0.15) is 0 Å². The fourth-order valence-electron chi connectivity index (χ4n) is 2.47. The van der Waals surface area contributed by atoms with E-state index in [1.807, 2.05) is 4.90 Å². The Morgan fingerprint density at radius 3 is 2.60 bits per heavy atom. The van der Waals surface area contributed by atoms with Gasteiger partial charge in [0.2, 0.25) is 0 Å². The Morgan fingerprint density at radius 1 is 1.40 bits per heavy atom. The summed E-state index contributed by atoms with van der Waals surface area (Å²) < 4.78 is 0. The third-order valence-corrected chi connectivity index (χ3v) is 3.44. The number of carbonyl (C=O) groups is 2. The molecule has 1 N–H and O–H groups in total. The van der Waals surface area contributed by atoms with E-state index in [1.165, 1.54) is 0 Å². The second-order valence-electron chi connectivity index (χ2n) is 4.40. The lowest BCUT2D eigenvalue weighted by Crippen LogP contribution is -2.37. The number of amides is 2. The van der Waals surface area contributed by atoms with Crippen LogP contribution in [0.4, 0.5) is 4.79 Å². The molecule has 2 atom stereocenters. The number of urea groups is 1. The van der Waals surface area contributed by atoms with E-state index in [0.717, 1.165) is 19.5 Å². The van der Waals surface area contributed by atoms with Crippen molar-refractivity contribution < 1.29 is 14.7 Å². The van der Waals surface area contributed by atoms with Gasteiger partial charge in [-0.05, 0) is 19.3 Å². The van der Waals surface area contributed by atoms with E-state index in [2.05, 4.69) is 0 Å². The normalized spacial score (nSPS) is 31.4. The lowest BCUT2D eigenvalue weighted by atomic mass is 10.1. The molecule has 1 aliphatic carbocycles. The lowest BCUT2D eigenvalue weighted by Gasteiger charge is -2.23. The number of carbonyl (C=O) groups excluding carboxylic acids is 1. The summed E-state index contributed by atoms with van der Waals surface area (Å²) in [5, 5.41) is 8.88. The van der Waals surface area contributed by atoms with Gasteiger partial charge in [-0.1, -0.05) is 0 Å². The minimum atomic E-state index is -0.725. The highest BCUT2D eigenvalue weighted by Crippen LogP contribution is 2.31. The monoisotopic (exact) mass is 212 g/mol.